The number of halogens is 1. The Hall–Kier alpha value is -1.79. The third kappa shape index (κ3) is 1.63. The molecule has 1 saturated carbocycles. The van der Waals surface area contributed by atoms with Crippen LogP contribution in [0.5, 0.6) is 11.5 Å². The number of likely N-dealkylation sites (tertiary alicyclic amines) is 1. The first-order valence-electron chi connectivity index (χ1n) is 8.95. The largest absolute Gasteiger partial charge is 0.493 e. The van der Waals surface area contributed by atoms with Crippen LogP contribution >= 0.6 is 11.6 Å². The predicted octanol–water partition coefficient (Wildman–Crippen LogP) is 1.18. The van der Waals surface area contributed by atoms with E-state index >= 15 is 0 Å². The number of aliphatic hydroxyl groups is 1. The fraction of sp³-hybridized carbons (Fsp3) is 0.579. The van der Waals surface area contributed by atoms with Gasteiger partial charge in [0, 0.05) is 18.5 Å². The second-order valence-electron chi connectivity index (χ2n) is 7.68. The topological polar surface area (TPSA) is 76.1 Å². The fourth-order valence-electron chi connectivity index (χ4n) is 5.85. The van der Waals surface area contributed by atoms with Gasteiger partial charge in [0.15, 0.2) is 23.4 Å². The van der Waals surface area contributed by atoms with Crippen molar-refractivity contribution in [3.8, 4) is 11.5 Å². The van der Waals surface area contributed by atoms with Crippen LogP contribution in [0, 0.1) is 0 Å². The molecule has 4 atom stereocenters. The van der Waals surface area contributed by atoms with Crippen LogP contribution in [0.1, 0.15) is 30.4 Å². The van der Waals surface area contributed by atoms with Gasteiger partial charge in [-0.25, -0.2) is 0 Å². The van der Waals surface area contributed by atoms with Gasteiger partial charge >= 0.3 is 0 Å². The minimum Gasteiger partial charge on any atom is -0.493 e. The number of rotatable bonds is 2. The highest BCUT2D eigenvalue weighted by atomic mass is 35.5. The number of hydrogen-bond donors (Lipinski definition) is 1. The smallest absolute Gasteiger partial charge is 0.237 e. The molecular formula is C19H20ClNO5. The lowest BCUT2D eigenvalue weighted by atomic mass is 9.49. The number of amides is 1. The van der Waals surface area contributed by atoms with Gasteiger partial charge in [-0.1, -0.05) is 6.07 Å². The second-order valence-corrected chi connectivity index (χ2v) is 7.95. The standard InChI is InChI=1S/C19H20ClNO5/c1-25-12-3-2-10-8-13-19(24)5-4-11(22)17-18(19,15(10)16(12)26-17)6-7-21(13)14(23)9-20/h2-3,13,17,24H,4-9H2,1H3/t13-,17+,18+,19-/m1/s1. The van der Waals surface area contributed by atoms with E-state index in [-0.39, 0.29) is 24.0 Å². The van der Waals surface area contributed by atoms with E-state index < -0.39 is 23.2 Å². The van der Waals surface area contributed by atoms with Crippen LogP contribution in [0.2, 0.25) is 0 Å². The van der Waals surface area contributed by atoms with Gasteiger partial charge < -0.3 is 19.5 Å². The van der Waals surface area contributed by atoms with E-state index in [2.05, 4.69) is 0 Å². The Labute approximate surface area is 156 Å². The van der Waals surface area contributed by atoms with E-state index in [1.807, 2.05) is 12.1 Å². The lowest BCUT2D eigenvalue weighted by Crippen LogP contribution is -2.77. The molecule has 7 heteroatoms. The van der Waals surface area contributed by atoms with Crippen LogP contribution in [0.15, 0.2) is 12.1 Å². The number of methoxy groups -OCH3 is 1. The Bertz CT molecular complexity index is 841. The van der Waals surface area contributed by atoms with Gasteiger partial charge in [0.25, 0.3) is 0 Å². The highest BCUT2D eigenvalue weighted by Gasteiger charge is 2.73. The third-order valence-corrected chi connectivity index (χ3v) is 7.13. The number of alkyl halides is 1. The molecule has 0 aromatic heterocycles. The lowest BCUT2D eigenvalue weighted by Gasteiger charge is -2.62. The van der Waals surface area contributed by atoms with Crippen LogP contribution in [0.4, 0.5) is 0 Å². The van der Waals surface area contributed by atoms with E-state index in [1.54, 1.807) is 12.0 Å². The molecule has 2 fully saturated rings. The zero-order valence-electron chi connectivity index (χ0n) is 14.5. The lowest BCUT2D eigenvalue weighted by molar-refractivity contribution is -0.191. The zero-order chi connectivity index (χ0) is 18.3. The summed E-state index contributed by atoms with van der Waals surface area (Å²) < 4.78 is 11.6. The van der Waals surface area contributed by atoms with Crippen molar-refractivity contribution in [1.29, 1.82) is 0 Å². The van der Waals surface area contributed by atoms with Crippen molar-refractivity contribution in [1.82, 2.24) is 4.90 Å². The van der Waals surface area contributed by atoms with Crippen molar-refractivity contribution in [2.75, 3.05) is 19.5 Å². The maximum absolute atomic E-state index is 12.8. The quantitative estimate of drug-likeness (QED) is 0.783. The molecule has 2 aliphatic heterocycles. The van der Waals surface area contributed by atoms with Crippen molar-refractivity contribution in [2.24, 2.45) is 0 Å². The molecule has 2 bridgehead atoms. The van der Waals surface area contributed by atoms with Crippen LogP contribution in [0.3, 0.4) is 0 Å². The van der Waals surface area contributed by atoms with Crippen LogP contribution < -0.4 is 9.47 Å². The number of carbonyl (C=O) groups excluding carboxylic acids is 2. The molecule has 6 nitrogen and oxygen atoms in total. The van der Waals surface area contributed by atoms with Gasteiger partial charge in [-0.3, -0.25) is 9.59 Å². The first kappa shape index (κ1) is 16.4. The average Bonchev–Trinajstić information content (AvgIpc) is 2.99. The molecule has 2 aliphatic carbocycles. The Morgan fingerprint density at radius 1 is 1.46 bits per heavy atom. The van der Waals surface area contributed by atoms with Gasteiger partial charge in [0.2, 0.25) is 5.91 Å². The van der Waals surface area contributed by atoms with Gasteiger partial charge in [-0.05, 0) is 30.9 Å². The van der Waals surface area contributed by atoms with Crippen molar-refractivity contribution >= 4 is 23.3 Å². The van der Waals surface area contributed by atoms with Crippen LogP contribution in [-0.2, 0) is 21.4 Å². The van der Waals surface area contributed by atoms with Gasteiger partial charge in [0.1, 0.15) is 5.88 Å². The summed E-state index contributed by atoms with van der Waals surface area (Å²) in [6.45, 7) is 0.460. The maximum atomic E-state index is 12.8. The number of hydrogen-bond acceptors (Lipinski definition) is 5. The summed E-state index contributed by atoms with van der Waals surface area (Å²) in [5, 5.41) is 11.9. The molecule has 1 spiro atoms. The predicted molar refractivity (Wildman–Crippen MR) is 92.8 cm³/mol. The third-order valence-electron chi connectivity index (χ3n) is 6.90. The molecule has 2 heterocycles. The number of nitrogens with zero attached hydrogens (tertiary/aromatic N) is 1. The Morgan fingerprint density at radius 3 is 3.00 bits per heavy atom. The number of ether oxygens (including phenoxy) is 2. The van der Waals surface area contributed by atoms with E-state index in [0.717, 1.165) is 11.1 Å². The molecule has 1 aromatic carbocycles. The Kier molecular flexibility index (Phi) is 3.24. The van der Waals surface area contributed by atoms with Gasteiger partial charge in [0.05, 0.1) is 24.2 Å². The Balaban J connectivity index is 1.78. The highest BCUT2D eigenvalue weighted by Crippen LogP contribution is 2.64. The second kappa shape index (κ2) is 5.14. The molecule has 26 heavy (non-hydrogen) atoms. The molecule has 1 amide bonds. The molecule has 0 radical (unpaired) electrons. The summed E-state index contributed by atoms with van der Waals surface area (Å²) in [5.74, 6) is 0.889. The molecule has 1 saturated heterocycles. The summed E-state index contributed by atoms with van der Waals surface area (Å²) in [6.07, 6.45) is 0.859. The van der Waals surface area contributed by atoms with E-state index in [4.69, 9.17) is 21.1 Å². The molecule has 1 aromatic rings. The molecular weight excluding hydrogens is 358 g/mol. The van der Waals surface area contributed by atoms with E-state index in [1.165, 1.54) is 0 Å². The summed E-state index contributed by atoms with van der Waals surface area (Å²) in [4.78, 5) is 26.9. The zero-order valence-corrected chi connectivity index (χ0v) is 15.2. The number of Topliss-reactive ketones (excluding diaryl/α,β-unsaturated/α-hetero) is 1. The van der Waals surface area contributed by atoms with E-state index in [9.17, 15) is 14.7 Å². The highest BCUT2D eigenvalue weighted by molar-refractivity contribution is 6.27. The molecule has 1 N–H and O–H groups in total. The molecule has 138 valence electrons. The number of ketones is 1. The number of carbonyl (C=O) groups is 2. The molecule has 5 rings (SSSR count). The first-order valence-corrected chi connectivity index (χ1v) is 9.49. The fourth-order valence-corrected chi connectivity index (χ4v) is 6.01. The van der Waals surface area contributed by atoms with Gasteiger partial charge in [-0.15, -0.1) is 11.6 Å². The normalized spacial score (nSPS) is 36.4. The Morgan fingerprint density at radius 2 is 2.27 bits per heavy atom. The minimum absolute atomic E-state index is 0.0108. The molecule has 4 aliphatic rings. The SMILES string of the molecule is COc1ccc2c3c1O[C@H]1C(=O)CC[C@@]4(O)[C@@H](C2)N(C(=O)CCl)CC[C@]314. The average molecular weight is 378 g/mol. The van der Waals surface area contributed by atoms with Gasteiger partial charge in [-0.2, -0.15) is 0 Å². The van der Waals surface area contributed by atoms with Crippen LogP contribution in [-0.4, -0.2) is 59.0 Å². The van der Waals surface area contributed by atoms with Crippen molar-refractivity contribution < 1.29 is 24.2 Å². The van der Waals surface area contributed by atoms with Crippen LogP contribution in [0.25, 0.3) is 0 Å². The number of benzene rings is 1. The summed E-state index contributed by atoms with van der Waals surface area (Å²) in [5.41, 5.74) is -0.0876. The molecule has 0 unspecified atom stereocenters. The minimum atomic E-state index is -1.20. The first-order chi connectivity index (χ1) is 12.5. The number of piperidine rings is 1. The van der Waals surface area contributed by atoms with Crippen molar-refractivity contribution in [2.45, 2.75) is 48.8 Å². The van der Waals surface area contributed by atoms with Crippen molar-refractivity contribution in [3.63, 3.8) is 0 Å². The summed E-state index contributed by atoms with van der Waals surface area (Å²) in [7, 11) is 1.57. The summed E-state index contributed by atoms with van der Waals surface area (Å²) in [6, 6.07) is 3.40. The maximum Gasteiger partial charge on any atom is 0.237 e. The van der Waals surface area contributed by atoms with Crippen molar-refractivity contribution in [3.05, 3.63) is 23.3 Å². The monoisotopic (exact) mass is 377 g/mol. The van der Waals surface area contributed by atoms with E-state index in [0.29, 0.717) is 37.3 Å². The summed E-state index contributed by atoms with van der Waals surface area (Å²) >= 11 is 5.81.